The van der Waals surface area contributed by atoms with Crippen molar-refractivity contribution in [1.29, 1.82) is 0 Å². The SMILES string of the molecule is CC1=C(C)[C](c2ccccc2)N=C1. The van der Waals surface area contributed by atoms with Crippen molar-refractivity contribution in [3.63, 3.8) is 0 Å². The first-order chi connectivity index (χ1) is 6.29. The van der Waals surface area contributed by atoms with Crippen molar-refractivity contribution in [2.45, 2.75) is 13.8 Å². The van der Waals surface area contributed by atoms with Crippen molar-refractivity contribution >= 4 is 6.21 Å². The van der Waals surface area contributed by atoms with Gasteiger partial charge in [0, 0.05) is 6.21 Å². The van der Waals surface area contributed by atoms with Crippen LogP contribution in [0.4, 0.5) is 0 Å². The molecule has 1 aromatic rings. The first-order valence-corrected chi connectivity index (χ1v) is 4.43. The summed E-state index contributed by atoms with van der Waals surface area (Å²) in [6.45, 7) is 4.21. The number of rotatable bonds is 1. The van der Waals surface area contributed by atoms with Gasteiger partial charge in [-0.25, -0.2) is 0 Å². The van der Waals surface area contributed by atoms with Crippen molar-refractivity contribution in [3.8, 4) is 0 Å². The molecular formula is C12H12N. The third-order valence-electron chi connectivity index (χ3n) is 2.38. The van der Waals surface area contributed by atoms with E-state index in [0.717, 1.165) is 6.04 Å². The lowest BCUT2D eigenvalue weighted by Crippen LogP contribution is -1.94. The van der Waals surface area contributed by atoms with E-state index in [0.29, 0.717) is 0 Å². The van der Waals surface area contributed by atoms with Gasteiger partial charge in [0.15, 0.2) is 0 Å². The minimum absolute atomic E-state index is 1.11. The van der Waals surface area contributed by atoms with Crippen LogP contribution < -0.4 is 0 Å². The van der Waals surface area contributed by atoms with Gasteiger partial charge in [-0.3, -0.25) is 4.99 Å². The van der Waals surface area contributed by atoms with E-state index >= 15 is 0 Å². The van der Waals surface area contributed by atoms with Crippen molar-refractivity contribution < 1.29 is 0 Å². The van der Waals surface area contributed by atoms with Crippen LogP contribution >= 0.6 is 0 Å². The van der Waals surface area contributed by atoms with Crippen LogP contribution in [0.5, 0.6) is 0 Å². The highest BCUT2D eigenvalue weighted by Gasteiger charge is 2.18. The first kappa shape index (κ1) is 8.24. The molecule has 0 aromatic heterocycles. The van der Waals surface area contributed by atoms with Gasteiger partial charge in [0.25, 0.3) is 0 Å². The molecule has 1 aliphatic heterocycles. The maximum Gasteiger partial charge on any atom is 0.140 e. The Kier molecular flexibility index (Phi) is 2.01. The number of aliphatic imine (C=N–C) groups is 1. The van der Waals surface area contributed by atoms with Gasteiger partial charge in [-0.15, -0.1) is 0 Å². The summed E-state index contributed by atoms with van der Waals surface area (Å²) in [7, 11) is 0. The van der Waals surface area contributed by atoms with Crippen molar-refractivity contribution in [1.82, 2.24) is 0 Å². The van der Waals surface area contributed by atoms with Crippen LogP contribution in [-0.4, -0.2) is 6.21 Å². The predicted molar refractivity (Wildman–Crippen MR) is 55.7 cm³/mol. The van der Waals surface area contributed by atoms with Gasteiger partial charge in [-0.2, -0.15) is 0 Å². The summed E-state index contributed by atoms with van der Waals surface area (Å²) in [6.07, 6.45) is 1.93. The lowest BCUT2D eigenvalue weighted by atomic mass is 10.00. The molecule has 0 fully saturated rings. The summed E-state index contributed by atoms with van der Waals surface area (Å²) < 4.78 is 0. The Hall–Kier alpha value is -1.37. The largest absolute Gasteiger partial charge is 0.274 e. The van der Waals surface area contributed by atoms with Crippen LogP contribution in [0.15, 0.2) is 46.5 Å². The lowest BCUT2D eigenvalue weighted by Gasteiger charge is -2.07. The molecule has 1 nitrogen and oxygen atoms in total. The average Bonchev–Trinajstić information content (AvgIpc) is 2.49. The molecule has 0 aliphatic carbocycles. The monoisotopic (exact) mass is 170 g/mol. The van der Waals surface area contributed by atoms with E-state index in [9.17, 15) is 0 Å². The number of hydrogen-bond donors (Lipinski definition) is 0. The van der Waals surface area contributed by atoms with Crippen LogP contribution in [0.25, 0.3) is 0 Å². The van der Waals surface area contributed by atoms with Crippen molar-refractivity contribution in [3.05, 3.63) is 53.1 Å². The number of allylic oxidation sites excluding steroid dienone is 1. The van der Waals surface area contributed by atoms with Gasteiger partial charge in [0.2, 0.25) is 0 Å². The lowest BCUT2D eigenvalue weighted by molar-refractivity contribution is 1.12. The van der Waals surface area contributed by atoms with Gasteiger partial charge in [0.05, 0.1) is 0 Å². The summed E-state index contributed by atoms with van der Waals surface area (Å²) in [5.41, 5.74) is 3.75. The molecule has 0 amide bonds. The van der Waals surface area contributed by atoms with E-state index in [1.54, 1.807) is 0 Å². The Labute approximate surface area is 78.8 Å². The van der Waals surface area contributed by atoms with Gasteiger partial charge >= 0.3 is 0 Å². The molecule has 0 saturated carbocycles. The zero-order valence-electron chi connectivity index (χ0n) is 7.91. The molecule has 0 saturated heterocycles. The molecule has 0 spiro atoms. The Morgan fingerprint density at radius 1 is 1.00 bits per heavy atom. The van der Waals surface area contributed by atoms with Gasteiger partial charge in [-0.1, -0.05) is 30.3 Å². The normalized spacial score (nSPS) is 17.1. The maximum atomic E-state index is 4.39. The smallest absolute Gasteiger partial charge is 0.140 e. The molecule has 0 N–H and O–H groups in total. The minimum Gasteiger partial charge on any atom is -0.274 e. The average molecular weight is 170 g/mol. The van der Waals surface area contributed by atoms with Gasteiger partial charge in [-0.05, 0) is 30.6 Å². The molecule has 1 aliphatic rings. The highest BCUT2D eigenvalue weighted by Crippen LogP contribution is 2.29. The third-order valence-corrected chi connectivity index (χ3v) is 2.38. The molecule has 1 radical (unpaired) electrons. The Morgan fingerprint density at radius 2 is 1.69 bits per heavy atom. The fraction of sp³-hybridized carbons (Fsp3) is 0.167. The molecule has 1 heteroatoms. The highest BCUT2D eigenvalue weighted by atomic mass is 14.8. The van der Waals surface area contributed by atoms with E-state index in [4.69, 9.17) is 0 Å². The van der Waals surface area contributed by atoms with E-state index in [1.165, 1.54) is 16.7 Å². The van der Waals surface area contributed by atoms with Gasteiger partial charge < -0.3 is 0 Å². The second kappa shape index (κ2) is 3.17. The fourth-order valence-corrected chi connectivity index (χ4v) is 1.43. The molecule has 13 heavy (non-hydrogen) atoms. The topological polar surface area (TPSA) is 12.4 Å². The molecule has 1 aromatic carbocycles. The Morgan fingerprint density at radius 3 is 2.23 bits per heavy atom. The van der Waals surface area contributed by atoms with E-state index in [1.807, 2.05) is 24.4 Å². The molecule has 2 rings (SSSR count). The first-order valence-electron chi connectivity index (χ1n) is 4.43. The second-order valence-electron chi connectivity index (χ2n) is 3.28. The Balaban J connectivity index is 2.36. The zero-order valence-corrected chi connectivity index (χ0v) is 7.91. The van der Waals surface area contributed by atoms with Crippen LogP contribution in [0.1, 0.15) is 19.4 Å². The van der Waals surface area contributed by atoms with Gasteiger partial charge in [0.1, 0.15) is 6.04 Å². The van der Waals surface area contributed by atoms with Crippen LogP contribution in [0, 0.1) is 6.04 Å². The van der Waals surface area contributed by atoms with Crippen molar-refractivity contribution in [2.24, 2.45) is 4.99 Å². The highest BCUT2D eigenvalue weighted by molar-refractivity contribution is 5.85. The summed E-state index contributed by atoms with van der Waals surface area (Å²) >= 11 is 0. The quantitative estimate of drug-likeness (QED) is 0.614. The third kappa shape index (κ3) is 1.42. The van der Waals surface area contributed by atoms with Crippen LogP contribution in [0.2, 0.25) is 0 Å². The minimum atomic E-state index is 1.11. The van der Waals surface area contributed by atoms with E-state index in [-0.39, 0.29) is 0 Å². The molecule has 0 unspecified atom stereocenters. The number of hydrogen-bond acceptors (Lipinski definition) is 1. The molecular weight excluding hydrogens is 158 g/mol. The van der Waals surface area contributed by atoms with Crippen LogP contribution in [0.3, 0.4) is 0 Å². The second-order valence-corrected chi connectivity index (χ2v) is 3.28. The zero-order chi connectivity index (χ0) is 9.26. The molecule has 0 bridgehead atoms. The fourth-order valence-electron chi connectivity index (χ4n) is 1.43. The maximum absolute atomic E-state index is 4.39. The van der Waals surface area contributed by atoms with E-state index < -0.39 is 0 Å². The number of benzene rings is 1. The summed E-state index contributed by atoms with van der Waals surface area (Å²) in [5.74, 6) is 0. The molecule has 0 atom stereocenters. The molecule has 1 heterocycles. The summed E-state index contributed by atoms with van der Waals surface area (Å²) in [4.78, 5) is 4.39. The Bertz CT molecular complexity index is 360. The standard InChI is InChI=1S/C12H12N/c1-9-8-13-12(10(9)2)11-6-4-3-5-7-11/h3-8H,1-2H3. The summed E-state index contributed by atoms with van der Waals surface area (Å²) in [6, 6.07) is 11.4. The molecule has 65 valence electrons. The van der Waals surface area contributed by atoms with Crippen molar-refractivity contribution in [2.75, 3.05) is 0 Å². The predicted octanol–water partition coefficient (Wildman–Crippen LogP) is 2.99. The summed E-state index contributed by atoms with van der Waals surface area (Å²) in [5, 5.41) is 0. The van der Waals surface area contributed by atoms with Crippen LogP contribution in [-0.2, 0) is 0 Å². The number of nitrogens with zero attached hydrogens (tertiary/aromatic N) is 1. The van der Waals surface area contributed by atoms with E-state index in [2.05, 4.69) is 31.0 Å².